The summed E-state index contributed by atoms with van der Waals surface area (Å²) < 4.78 is 3.35. The van der Waals surface area contributed by atoms with Crippen LogP contribution in [-0.2, 0) is 36.5 Å². The zero-order valence-corrected chi connectivity index (χ0v) is 22.1. The topological polar surface area (TPSA) is 145 Å². The van der Waals surface area contributed by atoms with Crippen LogP contribution < -0.4 is 10.6 Å². The highest BCUT2D eigenvalue weighted by molar-refractivity contribution is 7.15. The van der Waals surface area contributed by atoms with E-state index in [9.17, 15) is 9.59 Å². The maximum atomic E-state index is 12.3. The van der Waals surface area contributed by atoms with Crippen LogP contribution in [0.25, 0.3) is 0 Å². The molecule has 2 N–H and O–H groups in total. The predicted molar refractivity (Wildman–Crippen MR) is 137 cm³/mol. The maximum absolute atomic E-state index is 12.3. The zero-order chi connectivity index (χ0) is 25.6. The third-order valence-electron chi connectivity index (χ3n) is 7.01. The lowest BCUT2D eigenvalue weighted by molar-refractivity contribution is -0.116. The lowest BCUT2D eigenvalue weighted by atomic mass is 9.48. The van der Waals surface area contributed by atoms with Gasteiger partial charge < -0.3 is 10.6 Å². The molecule has 192 valence electrons. The molecule has 4 heterocycles. The van der Waals surface area contributed by atoms with Crippen LogP contribution >= 0.6 is 22.7 Å². The monoisotopic (exact) mass is 538 g/mol. The van der Waals surface area contributed by atoms with E-state index in [0.717, 1.165) is 47.1 Å². The number of amides is 2. The van der Waals surface area contributed by atoms with Crippen LogP contribution in [-0.4, -0.2) is 51.8 Å². The molecule has 0 atom stereocenters. The number of aryl methyl sites for hydroxylation is 2. The molecule has 6 rings (SSSR count). The second-order valence-corrected chi connectivity index (χ2v) is 12.0. The van der Waals surface area contributed by atoms with Crippen molar-refractivity contribution in [1.29, 1.82) is 0 Å². The first-order valence-electron chi connectivity index (χ1n) is 12.1. The van der Waals surface area contributed by atoms with Crippen molar-refractivity contribution in [2.24, 2.45) is 19.5 Å². The van der Waals surface area contributed by atoms with Crippen molar-refractivity contribution in [3.05, 3.63) is 45.9 Å². The highest BCUT2D eigenvalue weighted by atomic mass is 32.1. The summed E-state index contributed by atoms with van der Waals surface area (Å²) in [4.78, 5) is 24.5. The third-order valence-corrected chi connectivity index (χ3v) is 9.01. The fourth-order valence-electron chi connectivity index (χ4n) is 5.32. The standard InChI is InChI=1S/C23H26N10O2S2/c1-32-5-3-15(30-32)7-17(34)24-21-28-26-19(36-21)13-9-23(10-13)11-14(12-23)20-27-29-22(37-20)25-18(35)8-16-4-6-33(2)31-16/h3-6,13-14H,7-12H2,1-2H3,(H,24,28,34)(H,25,29,35)/t13-,14-,23?. The summed E-state index contributed by atoms with van der Waals surface area (Å²) in [5.41, 5.74) is 1.77. The molecule has 0 aromatic carbocycles. The van der Waals surface area contributed by atoms with Crippen LogP contribution in [0.15, 0.2) is 24.5 Å². The number of aromatic nitrogens is 8. The molecule has 4 aromatic heterocycles. The smallest absolute Gasteiger partial charge is 0.232 e. The Bertz CT molecular complexity index is 1330. The van der Waals surface area contributed by atoms with Gasteiger partial charge in [0, 0.05) is 38.3 Å². The summed E-state index contributed by atoms with van der Waals surface area (Å²) in [7, 11) is 3.65. The molecular weight excluding hydrogens is 512 g/mol. The Morgan fingerprint density at radius 1 is 0.811 bits per heavy atom. The normalized spacial score (nSPS) is 22.4. The van der Waals surface area contributed by atoms with Crippen molar-refractivity contribution in [1.82, 2.24) is 40.0 Å². The van der Waals surface area contributed by atoms with E-state index in [0.29, 0.717) is 27.5 Å². The van der Waals surface area contributed by atoms with Gasteiger partial charge in [-0.15, -0.1) is 20.4 Å². The van der Waals surface area contributed by atoms with E-state index in [2.05, 4.69) is 41.2 Å². The minimum Gasteiger partial charge on any atom is -0.300 e. The van der Waals surface area contributed by atoms with E-state index in [4.69, 9.17) is 0 Å². The lowest BCUT2D eigenvalue weighted by Gasteiger charge is -2.56. The van der Waals surface area contributed by atoms with E-state index in [-0.39, 0.29) is 24.7 Å². The molecule has 0 aliphatic heterocycles. The van der Waals surface area contributed by atoms with Crippen LogP contribution in [0.4, 0.5) is 10.3 Å². The highest BCUT2D eigenvalue weighted by Gasteiger charge is 2.55. The maximum Gasteiger partial charge on any atom is 0.232 e. The molecule has 2 aliphatic carbocycles. The highest BCUT2D eigenvalue weighted by Crippen LogP contribution is 2.66. The molecule has 14 heteroatoms. The molecule has 2 saturated carbocycles. The first-order valence-corrected chi connectivity index (χ1v) is 13.7. The number of rotatable bonds is 8. The van der Waals surface area contributed by atoms with Gasteiger partial charge in [0.05, 0.1) is 24.2 Å². The average molecular weight is 539 g/mol. The lowest BCUT2D eigenvalue weighted by Crippen LogP contribution is -2.45. The number of nitrogens with zero attached hydrogens (tertiary/aromatic N) is 8. The Morgan fingerprint density at radius 2 is 1.24 bits per heavy atom. The van der Waals surface area contributed by atoms with Crippen molar-refractivity contribution < 1.29 is 9.59 Å². The Labute approximate surface area is 220 Å². The van der Waals surface area contributed by atoms with E-state index >= 15 is 0 Å². The molecule has 0 saturated heterocycles. The quantitative estimate of drug-likeness (QED) is 0.348. The molecule has 0 unspecified atom stereocenters. The predicted octanol–water partition coefficient (Wildman–Crippen LogP) is 2.66. The van der Waals surface area contributed by atoms with E-state index < -0.39 is 0 Å². The van der Waals surface area contributed by atoms with Gasteiger partial charge in [0.15, 0.2) is 0 Å². The number of carbonyl (C=O) groups excluding carboxylic acids is 2. The molecule has 4 aromatic rings. The third kappa shape index (κ3) is 5.16. The van der Waals surface area contributed by atoms with Gasteiger partial charge in [-0.2, -0.15) is 10.2 Å². The Morgan fingerprint density at radius 3 is 1.62 bits per heavy atom. The van der Waals surface area contributed by atoms with Gasteiger partial charge in [-0.25, -0.2) is 0 Å². The molecule has 1 spiro atoms. The molecule has 0 radical (unpaired) electrons. The van der Waals surface area contributed by atoms with Crippen LogP contribution in [0.2, 0.25) is 0 Å². The fraction of sp³-hybridized carbons (Fsp3) is 0.478. The summed E-state index contributed by atoms with van der Waals surface area (Å²) in [5, 5.41) is 34.2. The minimum atomic E-state index is -0.141. The van der Waals surface area contributed by atoms with Gasteiger partial charge >= 0.3 is 0 Å². The Hall–Kier alpha value is -3.52. The Kier molecular flexibility index (Phi) is 6.07. The molecule has 12 nitrogen and oxygen atoms in total. The number of anilines is 2. The van der Waals surface area contributed by atoms with Gasteiger partial charge in [0.25, 0.3) is 0 Å². The second kappa shape index (κ2) is 9.41. The number of nitrogens with one attached hydrogen (secondary N) is 2. The van der Waals surface area contributed by atoms with E-state index in [1.165, 1.54) is 22.7 Å². The summed E-state index contributed by atoms with van der Waals surface area (Å²) >= 11 is 2.92. The van der Waals surface area contributed by atoms with Crippen molar-refractivity contribution in [2.75, 3.05) is 10.6 Å². The van der Waals surface area contributed by atoms with Gasteiger partial charge in [-0.05, 0) is 43.2 Å². The summed E-state index contributed by atoms with van der Waals surface area (Å²) in [6.45, 7) is 0. The summed E-state index contributed by atoms with van der Waals surface area (Å²) in [5.74, 6) is 0.488. The van der Waals surface area contributed by atoms with Gasteiger partial charge in [0.1, 0.15) is 10.0 Å². The molecule has 2 amide bonds. The number of hydrogen-bond acceptors (Lipinski definition) is 10. The Balaban J connectivity index is 0.955. The average Bonchev–Trinajstić information content (AvgIpc) is 3.57. The van der Waals surface area contributed by atoms with Gasteiger partial charge in [-0.3, -0.25) is 19.0 Å². The van der Waals surface area contributed by atoms with Crippen molar-refractivity contribution >= 4 is 44.8 Å². The molecule has 2 fully saturated rings. The minimum absolute atomic E-state index is 0.141. The molecule has 37 heavy (non-hydrogen) atoms. The number of hydrogen-bond donors (Lipinski definition) is 2. The molecule has 2 aliphatic rings. The van der Waals surface area contributed by atoms with Crippen LogP contribution in [0.3, 0.4) is 0 Å². The van der Waals surface area contributed by atoms with Crippen molar-refractivity contribution in [3.8, 4) is 0 Å². The fourth-order valence-corrected chi connectivity index (χ4v) is 7.04. The number of carbonyl (C=O) groups is 2. The largest absolute Gasteiger partial charge is 0.300 e. The van der Waals surface area contributed by atoms with Crippen molar-refractivity contribution in [3.63, 3.8) is 0 Å². The van der Waals surface area contributed by atoms with Gasteiger partial charge in [-0.1, -0.05) is 22.7 Å². The second-order valence-electron chi connectivity index (χ2n) is 10.0. The van der Waals surface area contributed by atoms with E-state index in [1.54, 1.807) is 9.36 Å². The first kappa shape index (κ1) is 23.9. The molecule has 0 bridgehead atoms. The van der Waals surface area contributed by atoms with Crippen LogP contribution in [0.1, 0.15) is 58.9 Å². The summed E-state index contributed by atoms with van der Waals surface area (Å²) in [6.07, 6.45) is 8.36. The van der Waals surface area contributed by atoms with E-state index in [1.807, 2.05) is 38.6 Å². The van der Waals surface area contributed by atoms with Crippen LogP contribution in [0, 0.1) is 5.41 Å². The first-order chi connectivity index (χ1) is 17.8. The van der Waals surface area contributed by atoms with Gasteiger partial charge in [0.2, 0.25) is 22.1 Å². The SMILES string of the molecule is Cn1ccc(CC(=O)Nc2nnc([C@H]3CC4(C[C@H](c5nnc(NC(=O)Cc6ccn(C)n6)s5)C4)C3)s2)n1. The van der Waals surface area contributed by atoms with Crippen LogP contribution in [0.5, 0.6) is 0 Å². The summed E-state index contributed by atoms with van der Waals surface area (Å²) in [6, 6.07) is 3.65. The zero-order valence-electron chi connectivity index (χ0n) is 20.4. The van der Waals surface area contributed by atoms with Crippen molar-refractivity contribution in [2.45, 2.75) is 50.4 Å². The molecular formula is C23H26N10O2S2.